The van der Waals surface area contributed by atoms with Gasteiger partial charge in [-0.1, -0.05) is 27.2 Å². The van der Waals surface area contributed by atoms with Gasteiger partial charge in [0.1, 0.15) is 11.4 Å². The van der Waals surface area contributed by atoms with E-state index in [1.54, 1.807) is 24.4 Å². The van der Waals surface area contributed by atoms with Crippen LogP contribution in [-0.2, 0) is 10.0 Å². The summed E-state index contributed by atoms with van der Waals surface area (Å²) in [7, 11) is -3.69. The number of halogens is 1. The maximum Gasteiger partial charge on any atom is 0.263 e. The Balaban J connectivity index is 2.27. The number of hydrogen-bond donors (Lipinski definition) is 2. The Morgan fingerprint density at radius 1 is 1.50 bits per heavy atom. The highest BCUT2D eigenvalue weighted by Gasteiger charge is 2.16. The molecule has 0 aliphatic heterocycles. The summed E-state index contributed by atoms with van der Waals surface area (Å²) in [5.74, 6) is 0. The summed E-state index contributed by atoms with van der Waals surface area (Å²) in [6, 6.07) is 6.36. The molecule has 0 fully saturated rings. The minimum atomic E-state index is -3.69. The van der Waals surface area contributed by atoms with Gasteiger partial charge in [-0.2, -0.15) is 0 Å². The molecule has 0 atom stereocenters. The van der Waals surface area contributed by atoms with Crippen LogP contribution in [0.3, 0.4) is 0 Å². The van der Waals surface area contributed by atoms with Crippen molar-refractivity contribution in [3.8, 4) is 0 Å². The summed E-state index contributed by atoms with van der Waals surface area (Å²) >= 11 is 4.34. The van der Waals surface area contributed by atoms with Crippen LogP contribution in [0.2, 0.25) is 0 Å². The lowest BCUT2D eigenvalue weighted by Gasteiger charge is -2.05. The molecule has 9 heteroatoms. The van der Waals surface area contributed by atoms with Crippen molar-refractivity contribution >= 4 is 48.1 Å². The molecule has 6 nitrogen and oxygen atoms in total. The maximum atomic E-state index is 12.2. The van der Waals surface area contributed by atoms with Gasteiger partial charge in [-0.3, -0.25) is 4.72 Å². The third-order valence-corrected chi connectivity index (χ3v) is 5.07. The van der Waals surface area contributed by atoms with Crippen molar-refractivity contribution < 1.29 is 13.6 Å². The van der Waals surface area contributed by atoms with Crippen molar-refractivity contribution in [1.29, 1.82) is 0 Å². The second-order valence-electron chi connectivity index (χ2n) is 3.79. The van der Waals surface area contributed by atoms with E-state index >= 15 is 0 Å². The summed E-state index contributed by atoms with van der Waals surface area (Å²) in [6.45, 7) is 1.57. The Morgan fingerprint density at radius 2 is 2.25 bits per heavy atom. The summed E-state index contributed by atoms with van der Waals surface area (Å²) in [4.78, 5) is 4.18. The Hall–Kier alpha value is -1.45. The third-order valence-electron chi connectivity index (χ3n) is 2.35. The predicted molar refractivity (Wildman–Crippen MR) is 81.1 cm³/mol. The molecule has 0 bridgehead atoms. The number of hydrogen-bond acceptors (Lipinski definition) is 6. The van der Waals surface area contributed by atoms with Crippen molar-refractivity contribution in [2.45, 2.75) is 11.8 Å². The number of thiazole rings is 1. The van der Waals surface area contributed by atoms with Gasteiger partial charge in [-0.05, 0) is 25.1 Å². The smallest absolute Gasteiger partial charge is 0.263 e. The minimum Gasteiger partial charge on any atom is -0.411 e. The Labute approximate surface area is 128 Å². The van der Waals surface area contributed by atoms with Gasteiger partial charge in [-0.25, -0.2) is 13.4 Å². The quantitative estimate of drug-likeness (QED) is 0.488. The Morgan fingerprint density at radius 3 is 2.90 bits per heavy atom. The number of sulfonamides is 1. The van der Waals surface area contributed by atoms with Crippen molar-refractivity contribution in [1.82, 2.24) is 4.98 Å². The highest BCUT2D eigenvalue weighted by atomic mass is 79.9. The number of oxime groups is 1. The van der Waals surface area contributed by atoms with E-state index in [4.69, 9.17) is 5.21 Å². The Kier molecular flexibility index (Phi) is 4.41. The highest BCUT2D eigenvalue weighted by molar-refractivity contribution is 9.10. The van der Waals surface area contributed by atoms with E-state index in [0.717, 1.165) is 11.3 Å². The predicted octanol–water partition coefficient (Wildman–Crippen LogP) is 2.90. The number of aromatic nitrogens is 1. The summed E-state index contributed by atoms with van der Waals surface area (Å²) in [5.41, 5.74) is 0.735. The van der Waals surface area contributed by atoms with E-state index in [9.17, 15) is 8.42 Å². The molecule has 20 heavy (non-hydrogen) atoms. The van der Waals surface area contributed by atoms with Crippen molar-refractivity contribution in [3.63, 3.8) is 0 Å². The zero-order chi connectivity index (χ0) is 14.8. The zero-order valence-corrected chi connectivity index (χ0v) is 13.5. The second-order valence-corrected chi connectivity index (χ2v) is 7.24. The molecule has 0 spiro atoms. The lowest BCUT2D eigenvalue weighted by atomic mass is 10.3. The van der Waals surface area contributed by atoms with E-state index in [1.165, 1.54) is 12.1 Å². The normalized spacial score (nSPS) is 12.4. The molecule has 2 rings (SSSR count). The van der Waals surface area contributed by atoms with Crippen LogP contribution in [0, 0.1) is 0 Å². The molecule has 0 unspecified atom stereocenters. The third kappa shape index (κ3) is 3.35. The van der Waals surface area contributed by atoms with E-state index in [0.29, 0.717) is 15.9 Å². The number of rotatable bonds is 4. The van der Waals surface area contributed by atoms with Gasteiger partial charge in [0.15, 0.2) is 5.13 Å². The minimum absolute atomic E-state index is 0.135. The Bertz CT molecular complexity index is 756. The fraction of sp³-hybridized carbons (Fsp3) is 0.0909. The first-order valence-corrected chi connectivity index (χ1v) is 8.51. The summed E-state index contributed by atoms with van der Waals surface area (Å²) in [6.07, 6.45) is 0. The number of benzene rings is 1. The number of nitrogens with zero attached hydrogens (tertiary/aromatic N) is 2. The van der Waals surface area contributed by atoms with Crippen LogP contribution >= 0.6 is 27.3 Å². The van der Waals surface area contributed by atoms with Crippen LogP contribution in [0.15, 0.2) is 44.2 Å². The fourth-order valence-corrected chi connectivity index (χ4v) is 3.95. The van der Waals surface area contributed by atoms with Crippen LogP contribution in [-0.4, -0.2) is 24.3 Å². The molecular weight excluding hydrogens is 366 g/mol. The number of nitrogens with one attached hydrogen (secondary N) is 1. The van der Waals surface area contributed by atoms with Crippen LogP contribution in [0.5, 0.6) is 0 Å². The van der Waals surface area contributed by atoms with Gasteiger partial charge >= 0.3 is 0 Å². The van der Waals surface area contributed by atoms with Gasteiger partial charge in [0.05, 0.1) is 4.90 Å². The van der Waals surface area contributed by atoms with Crippen LogP contribution in [0.25, 0.3) is 0 Å². The molecule has 1 aromatic heterocycles. The molecule has 0 aliphatic rings. The lowest BCUT2D eigenvalue weighted by Crippen LogP contribution is -2.13. The fourth-order valence-electron chi connectivity index (χ4n) is 1.35. The highest BCUT2D eigenvalue weighted by Crippen LogP contribution is 2.22. The first kappa shape index (κ1) is 14.9. The van der Waals surface area contributed by atoms with Crippen LogP contribution < -0.4 is 4.72 Å². The molecule has 1 aromatic carbocycles. The lowest BCUT2D eigenvalue weighted by molar-refractivity contribution is 0.319. The van der Waals surface area contributed by atoms with Crippen LogP contribution in [0.1, 0.15) is 12.6 Å². The molecule has 1 heterocycles. The van der Waals surface area contributed by atoms with E-state index in [1.807, 2.05) is 0 Å². The molecule has 2 N–H and O–H groups in total. The van der Waals surface area contributed by atoms with E-state index in [2.05, 4.69) is 30.8 Å². The topological polar surface area (TPSA) is 91.7 Å². The van der Waals surface area contributed by atoms with Gasteiger partial charge < -0.3 is 5.21 Å². The van der Waals surface area contributed by atoms with Gasteiger partial charge in [-0.15, -0.1) is 11.3 Å². The molecule has 2 aromatic rings. The monoisotopic (exact) mass is 375 g/mol. The van der Waals surface area contributed by atoms with E-state index in [-0.39, 0.29) is 10.0 Å². The summed E-state index contributed by atoms with van der Waals surface area (Å²) in [5, 5.41) is 13.5. The standard InChI is InChI=1S/C11H10BrN3O3S2/c1-7(14-16)10-6-19-11(13-10)15-20(17,18)9-4-2-3-8(12)5-9/h2-6,16H,1H3,(H,13,15). The molecular formula is C11H10BrN3O3S2. The SMILES string of the molecule is CC(=NO)c1csc(NS(=O)(=O)c2cccc(Br)c2)n1. The molecule has 0 amide bonds. The largest absolute Gasteiger partial charge is 0.411 e. The van der Waals surface area contributed by atoms with Crippen molar-refractivity contribution in [3.05, 3.63) is 39.8 Å². The van der Waals surface area contributed by atoms with Crippen molar-refractivity contribution in [2.24, 2.45) is 5.16 Å². The molecule has 0 saturated heterocycles. The second kappa shape index (κ2) is 5.90. The average Bonchev–Trinajstić information content (AvgIpc) is 2.85. The maximum absolute atomic E-state index is 12.2. The first-order chi connectivity index (χ1) is 9.42. The van der Waals surface area contributed by atoms with Gasteiger partial charge in [0, 0.05) is 9.85 Å². The summed E-state index contributed by atoms with van der Waals surface area (Å²) < 4.78 is 27.4. The molecule has 106 valence electrons. The van der Waals surface area contributed by atoms with Gasteiger partial charge in [0.2, 0.25) is 0 Å². The van der Waals surface area contributed by atoms with E-state index < -0.39 is 10.0 Å². The average molecular weight is 376 g/mol. The first-order valence-electron chi connectivity index (χ1n) is 5.35. The van der Waals surface area contributed by atoms with Gasteiger partial charge in [0.25, 0.3) is 10.0 Å². The van der Waals surface area contributed by atoms with Crippen molar-refractivity contribution in [2.75, 3.05) is 4.72 Å². The molecule has 0 radical (unpaired) electrons. The van der Waals surface area contributed by atoms with Crippen LogP contribution in [0.4, 0.5) is 5.13 Å². The molecule has 0 saturated carbocycles. The molecule has 0 aliphatic carbocycles. The zero-order valence-electron chi connectivity index (χ0n) is 10.2. The number of anilines is 1.